The summed E-state index contributed by atoms with van der Waals surface area (Å²) in [4.78, 5) is 53.5. The molecule has 1 aliphatic heterocycles. The molecule has 1 heterocycles. The minimum atomic E-state index is -0.682. The molecule has 0 saturated carbocycles. The number of hydrogen-bond acceptors (Lipinski definition) is 6. The van der Waals surface area contributed by atoms with E-state index in [1.807, 2.05) is 57.4 Å². The highest BCUT2D eigenvalue weighted by atomic mass is 32.2. The molecule has 1 aromatic carbocycles. The Hall–Kier alpha value is -2.75. The molecule has 0 aromatic heterocycles. The van der Waals surface area contributed by atoms with Gasteiger partial charge in [0.05, 0.1) is 6.04 Å². The zero-order valence-corrected chi connectivity index (χ0v) is 25.2. The molecule has 3 unspecified atom stereocenters. The lowest BCUT2D eigenvalue weighted by Gasteiger charge is -2.35. The first kappa shape index (κ1) is 32.5. The smallest absolute Gasteiger partial charge is 0.408 e. The lowest BCUT2D eigenvalue weighted by Crippen LogP contribution is -2.54. The first-order valence-electron chi connectivity index (χ1n) is 13.7. The number of nitrogens with zero attached hydrogens (tertiary/aromatic N) is 1. The number of nitrogens with one attached hydrogen (secondary N) is 3. The van der Waals surface area contributed by atoms with Crippen molar-refractivity contribution < 1.29 is 23.9 Å². The highest BCUT2D eigenvalue weighted by Gasteiger charge is 2.34. The van der Waals surface area contributed by atoms with Crippen LogP contribution in [-0.4, -0.2) is 71.5 Å². The number of hydrogen-bond donors (Lipinski definition) is 3. The molecule has 4 amide bonds. The monoisotopic (exact) mass is 562 g/mol. The van der Waals surface area contributed by atoms with Gasteiger partial charge in [0, 0.05) is 19.0 Å². The van der Waals surface area contributed by atoms with Crippen molar-refractivity contribution in [2.75, 3.05) is 25.1 Å². The van der Waals surface area contributed by atoms with E-state index in [0.29, 0.717) is 38.1 Å². The van der Waals surface area contributed by atoms with E-state index in [1.165, 1.54) is 0 Å². The summed E-state index contributed by atoms with van der Waals surface area (Å²) in [7, 11) is 0. The Morgan fingerprint density at radius 1 is 1.00 bits per heavy atom. The first-order chi connectivity index (χ1) is 18.3. The topological polar surface area (TPSA) is 117 Å². The van der Waals surface area contributed by atoms with Crippen LogP contribution in [0.3, 0.4) is 0 Å². The molecule has 0 spiro atoms. The highest BCUT2D eigenvalue weighted by molar-refractivity contribution is 7.98. The van der Waals surface area contributed by atoms with Gasteiger partial charge in [-0.1, -0.05) is 44.2 Å². The summed E-state index contributed by atoms with van der Waals surface area (Å²) in [6, 6.07) is 8.17. The summed E-state index contributed by atoms with van der Waals surface area (Å²) in [6.07, 6.45) is 2.81. The summed E-state index contributed by atoms with van der Waals surface area (Å²) in [5, 5.41) is 8.70. The number of carbonyl (C=O) groups excluding carboxylic acids is 4. The van der Waals surface area contributed by atoms with Gasteiger partial charge in [-0.05, 0) is 70.4 Å². The molecule has 0 aliphatic carbocycles. The van der Waals surface area contributed by atoms with Gasteiger partial charge in [0.15, 0.2) is 0 Å². The van der Waals surface area contributed by atoms with Crippen LogP contribution >= 0.6 is 11.8 Å². The largest absolute Gasteiger partial charge is 0.444 e. The second-order valence-corrected chi connectivity index (χ2v) is 12.4. The number of benzene rings is 1. The van der Waals surface area contributed by atoms with Gasteiger partial charge < -0.3 is 25.6 Å². The van der Waals surface area contributed by atoms with Gasteiger partial charge >= 0.3 is 6.09 Å². The zero-order chi connectivity index (χ0) is 29.2. The lowest BCUT2D eigenvalue weighted by molar-refractivity contribution is -0.138. The predicted octanol–water partition coefficient (Wildman–Crippen LogP) is 3.89. The fourth-order valence-corrected chi connectivity index (χ4v) is 4.93. The lowest BCUT2D eigenvalue weighted by atomic mass is 9.93. The minimum absolute atomic E-state index is 0.0882. The molecule has 2 rings (SSSR count). The SMILES string of the molecule is CSCCC(NC(=O)OC(C)(C)C)C(=O)N1CCC(C(=O)NC(C(=O)NC(C)c2ccccc2)C(C)C)CC1. The molecule has 3 N–H and O–H groups in total. The Bertz CT molecular complexity index is 958. The zero-order valence-electron chi connectivity index (χ0n) is 24.4. The maximum Gasteiger partial charge on any atom is 0.408 e. The number of thioether (sulfide) groups is 1. The number of piperidine rings is 1. The van der Waals surface area contributed by atoms with Gasteiger partial charge in [-0.25, -0.2) is 4.79 Å². The Morgan fingerprint density at radius 2 is 1.62 bits per heavy atom. The normalized spacial score (nSPS) is 16.7. The Labute approximate surface area is 237 Å². The van der Waals surface area contributed by atoms with Crippen LogP contribution in [0, 0.1) is 11.8 Å². The predicted molar refractivity (Wildman–Crippen MR) is 155 cm³/mol. The summed E-state index contributed by atoms with van der Waals surface area (Å²) in [6.45, 7) is 11.9. The summed E-state index contributed by atoms with van der Waals surface area (Å²) in [5.41, 5.74) is 0.335. The van der Waals surface area contributed by atoms with E-state index in [9.17, 15) is 19.2 Å². The van der Waals surface area contributed by atoms with E-state index in [1.54, 1.807) is 37.4 Å². The fraction of sp³-hybridized carbons (Fsp3) is 0.655. The maximum atomic E-state index is 13.3. The van der Waals surface area contributed by atoms with Crippen molar-refractivity contribution in [3.05, 3.63) is 35.9 Å². The third-order valence-electron chi connectivity index (χ3n) is 6.68. The van der Waals surface area contributed by atoms with Gasteiger partial charge in [-0.3, -0.25) is 14.4 Å². The Kier molecular flexibility index (Phi) is 12.6. The van der Waals surface area contributed by atoms with Gasteiger partial charge in [-0.2, -0.15) is 11.8 Å². The van der Waals surface area contributed by atoms with Crippen LogP contribution in [-0.2, 0) is 19.1 Å². The van der Waals surface area contributed by atoms with Gasteiger partial charge in [0.25, 0.3) is 0 Å². The summed E-state index contributed by atoms with van der Waals surface area (Å²) in [5.74, 6) is -0.218. The third-order valence-corrected chi connectivity index (χ3v) is 7.33. The number of rotatable bonds is 11. The molecular formula is C29H46N4O5S. The molecule has 0 bridgehead atoms. The Morgan fingerprint density at radius 3 is 2.15 bits per heavy atom. The van der Waals surface area contributed by atoms with Crippen molar-refractivity contribution in [3.8, 4) is 0 Å². The van der Waals surface area contributed by atoms with E-state index in [4.69, 9.17) is 4.74 Å². The average molecular weight is 563 g/mol. The van der Waals surface area contributed by atoms with Crippen LogP contribution in [0.2, 0.25) is 0 Å². The number of carbonyl (C=O) groups is 4. The van der Waals surface area contributed by atoms with Gasteiger partial charge in [0.2, 0.25) is 17.7 Å². The molecule has 1 saturated heterocycles. The van der Waals surface area contributed by atoms with Crippen LogP contribution in [0.1, 0.15) is 72.4 Å². The van der Waals surface area contributed by atoms with E-state index in [0.717, 1.165) is 5.56 Å². The molecule has 0 radical (unpaired) electrons. The molecule has 10 heteroatoms. The second kappa shape index (κ2) is 15.1. The van der Waals surface area contributed by atoms with Crippen LogP contribution in [0.5, 0.6) is 0 Å². The van der Waals surface area contributed by atoms with Crippen molar-refractivity contribution in [2.24, 2.45) is 11.8 Å². The number of amides is 4. The van der Waals surface area contributed by atoms with Crippen LogP contribution < -0.4 is 16.0 Å². The molecule has 1 aromatic rings. The standard InChI is InChI=1S/C29H46N4O5S/c1-19(2)24(26(35)30-20(3)21-11-9-8-10-12-21)32-25(34)22-13-16-33(17-14-22)27(36)23(15-18-39-7)31-28(37)38-29(4,5)6/h8-12,19-20,22-24H,13-18H2,1-7H3,(H,30,35)(H,31,37)(H,32,34). The summed E-state index contributed by atoms with van der Waals surface area (Å²) < 4.78 is 5.35. The molecule has 218 valence electrons. The van der Waals surface area contributed by atoms with Crippen LogP contribution in [0.4, 0.5) is 4.79 Å². The molecule has 1 aliphatic rings. The first-order valence-corrected chi connectivity index (χ1v) is 15.1. The van der Waals surface area contributed by atoms with E-state index >= 15 is 0 Å². The molecule has 9 nitrogen and oxygen atoms in total. The van der Waals surface area contributed by atoms with E-state index in [-0.39, 0.29) is 35.6 Å². The van der Waals surface area contributed by atoms with Crippen molar-refractivity contribution in [2.45, 2.75) is 84.5 Å². The van der Waals surface area contributed by atoms with Crippen molar-refractivity contribution in [1.82, 2.24) is 20.9 Å². The summed E-state index contributed by atoms with van der Waals surface area (Å²) >= 11 is 1.60. The van der Waals surface area contributed by atoms with Crippen LogP contribution in [0.15, 0.2) is 30.3 Å². The van der Waals surface area contributed by atoms with E-state index in [2.05, 4.69) is 16.0 Å². The van der Waals surface area contributed by atoms with E-state index < -0.39 is 23.8 Å². The van der Waals surface area contributed by atoms with Gasteiger partial charge in [0.1, 0.15) is 17.7 Å². The second-order valence-electron chi connectivity index (χ2n) is 11.5. The molecule has 39 heavy (non-hydrogen) atoms. The number of ether oxygens (including phenoxy) is 1. The quantitative estimate of drug-likeness (QED) is 0.377. The maximum absolute atomic E-state index is 13.3. The minimum Gasteiger partial charge on any atom is -0.444 e. The third kappa shape index (κ3) is 10.7. The molecule has 3 atom stereocenters. The Balaban J connectivity index is 1.94. The van der Waals surface area contributed by atoms with Crippen LogP contribution in [0.25, 0.3) is 0 Å². The van der Waals surface area contributed by atoms with Crippen molar-refractivity contribution in [3.63, 3.8) is 0 Å². The van der Waals surface area contributed by atoms with Crippen molar-refractivity contribution in [1.29, 1.82) is 0 Å². The number of likely N-dealkylation sites (tertiary alicyclic amines) is 1. The van der Waals surface area contributed by atoms with Crippen molar-refractivity contribution >= 4 is 35.6 Å². The molecular weight excluding hydrogens is 516 g/mol. The average Bonchev–Trinajstić information content (AvgIpc) is 2.88. The van der Waals surface area contributed by atoms with Gasteiger partial charge in [-0.15, -0.1) is 0 Å². The molecule has 1 fully saturated rings. The fourth-order valence-electron chi connectivity index (χ4n) is 4.46. The highest BCUT2D eigenvalue weighted by Crippen LogP contribution is 2.20. The number of alkyl carbamates (subject to hydrolysis) is 1.